The van der Waals surface area contributed by atoms with Gasteiger partial charge >= 0.3 is 12.0 Å². The van der Waals surface area contributed by atoms with Crippen molar-refractivity contribution in [3.63, 3.8) is 0 Å². The molecule has 0 saturated heterocycles. The van der Waals surface area contributed by atoms with Crippen molar-refractivity contribution in [3.05, 3.63) is 51.7 Å². The van der Waals surface area contributed by atoms with Crippen LogP contribution in [0.15, 0.2) is 35.7 Å². The van der Waals surface area contributed by atoms with E-state index in [4.69, 9.17) is 5.11 Å². The molecule has 21 heavy (non-hydrogen) atoms. The average Bonchev–Trinajstić information content (AvgIpc) is 3.13. The van der Waals surface area contributed by atoms with E-state index < -0.39 is 5.97 Å². The lowest BCUT2D eigenvalue weighted by Gasteiger charge is -2.18. The van der Waals surface area contributed by atoms with Crippen molar-refractivity contribution in [2.45, 2.75) is 13.0 Å². The third-order valence-electron chi connectivity index (χ3n) is 3.47. The number of nitrogens with one attached hydrogen (secondary N) is 1. The fourth-order valence-electron chi connectivity index (χ4n) is 2.39. The lowest BCUT2D eigenvalue weighted by Crippen LogP contribution is -2.38. The number of fused-ring (bicyclic) bond motifs is 1. The number of hydrogen-bond acceptors (Lipinski definition) is 3. The molecule has 1 aromatic carbocycles. The molecule has 5 nitrogen and oxygen atoms in total. The van der Waals surface area contributed by atoms with E-state index in [1.165, 1.54) is 0 Å². The molecular weight excluding hydrogens is 288 g/mol. The highest BCUT2D eigenvalue weighted by atomic mass is 32.1. The van der Waals surface area contributed by atoms with Gasteiger partial charge < -0.3 is 10.4 Å². The molecule has 1 aliphatic rings. The van der Waals surface area contributed by atoms with Crippen LogP contribution in [0.25, 0.3) is 0 Å². The predicted octanol–water partition coefficient (Wildman–Crippen LogP) is 2.72. The Balaban J connectivity index is 1.75. The summed E-state index contributed by atoms with van der Waals surface area (Å²) in [4.78, 5) is 26.0. The van der Waals surface area contributed by atoms with E-state index >= 15 is 0 Å². The van der Waals surface area contributed by atoms with Crippen LogP contribution in [0.3, 0.4) is 0 Å². The molecule has 2 aromatic rings. The molecule has 0 atom stereocenters. The van der Waals surface area contributed by atoms with E-state index in [9.17, 15) is 9.59 Å². The van der Waals surface area contributed by atoms with Crippen LogP contribution in [0.2, 0.25) is 0 Å². The van der Waals surface area contributed by atoms with Crippen molar-refractivity contribution >= 4 is 29.0 Å². The van der Waals surface area contributed by atoms with Crippen LogP contribution in [0.4, 0.5) is 10.5 Å². The molecular formula is C15H14N2O3S. The molecule has 108 valence electrons. The number of aromatic carboxylic acids is 1. The largest absolute Gasteiger partial charge is 0.478 e. The van der Waals surface area contributed by atoms with Crippen LogP contribution in [0.5, 0.6) is 0 Å². The minimum absolute atomic E-state index is 0.190. The molecule has 0 fully saturated rings. The topological polar surface area (TPSA) is 69.6 Å². The maximum absolute atomic E-state index is 12.3. The molecule has 0 bridgehead atoms. The molecule has 2 amide bonds. The Morgan fingerprint density at radius 3 is 2.90 bits per heavy atom. The minimum atomic E-state index is -0.983. The number of carboxylic acids is 1. The highest BCUT2D eigenvalue weighted by Crippen LogP contribution is 2.29. The van der Waals surface area contributed by atoms with Crippen molar-refractivity contribution in [1.82, 2.24) is 5.32 Å². The van der Waals surface area contributed by atoms with Crippen LogP contribution < -0.4 is 10.2 Å². The normalized spacial score (nSPS) is 13.0. The van der Waals surface area contributed by atoms with Crippen LogP contribution in [-0.2, 0) is 13.0 Å². The number of carboxylic acid groups (broad SMARTS) is 1. The number of benzene rings is 1. The summed E-state index contributed by atoms with van der Waals surface area (Å²) in [7, 11) is 0. The van der Waals surface area contributed by atoms with E-state index in [1.807, 2.05) is 17.5 Å². The number of thiophene rings is 1. The zero-order valence-corrected chi connectivity index (χ0v) is 12.0. The number of anilines is 1. The van der Waals surface area contributed by atoms with Gasteiger partial charge in [-0.15, -0.1) is 11.3 Å². The highest BCUT2D eigenvalue weighted by Gasteiger charge is 2.25. The monoisotopic (exact) mass is 302 g/mol. The summed E-state index contributed by atoms with van der Waals surface area (Å²) >= 11 is 1.59. The molecule has 2 N–H and O–H groups in total. The minimum Gasteiger partial charge on any atom is -0.478 e. The third kappa shape index (κ3) is 2.75. The Bertz CT molecular complexity index is 682. The van der Waals surface area contributed by atoms with E-state index in [1.54, 1.807) is 34.4 Å². The molecule has 2 heterocycles. The molecule has 0 radical (unpaired) electrons. The molecule has 0 spiro atoms. The number of rotatable bonds is 3. The standard InChI is InChI=1S/C15H14N2O3S/c18-14(19)11-4-3-10-5-6-17(13(10)8-11)15(20)16-9-12-2-1-7-21-12/h1-4,7-8H,5-6,9H2,(H,16,20)(H,18,19). The molecule has 0 unspecified atom stereocenters. The predicted molar refractivity (Wildman–Crippen MR) is 81.0 cm³/mol. The first kappa shape index (κ1) is 13.6. The van der Waals surface area contributed by atoms with Gasteiger partial charge in [0.1, 0.15) is 0 Å². The molecule has 6 heteroatoms. The maximum Gasteiger partial charge on any atom is 0.335 e. The molecule has 3 rings (SSSR count). The summed E-state index contributed by atoms with van der Waals surface area (Å²) in [5.41, 5.74) is 1.90. The lowest BCUT2D eigenvalue weighted by molar-refractivity contribution is 0.0697. The fraction of sp³-hybridized carbons (Fsp3) is 0.200. The van der Waals surface area contributed by atoms with Gasteiger partial charge in [0.2, 0.25) is 0 Å². The van der Waals surface area contributed by atoms with Crippen molar-refractivity contribution in [2.24, 2.45) is 0 Å². The van der Waals surface area contributed by atoms with E-state index in [2.05, 4.69) is 5.32 Å². The van der Waals surface area contributed by atoms with Crippen LogP contribution >= 0.6 is 11.3 Å². The van der Waals surface area contributed by atoms with Crippen molar-refractivity contribution in [1.29, 1.82) is 0 Å². The van der Waals surface area contributed by atoms with Crippen molar-refractivity contribution in [3.8, 4) is 0 Å². The first-order valence-corrected chi connectivity index (χ1v) is 7.47. The molecule has 1 aliphatic heterocycles. The van der Waals surface area contributed by atoms with Crippen molar-refractivity contribution < 1.29 is 14.7 Å². The highest BCUT2D eigenvalue weighted by molar-refractivity contribution is 7.09. The average molecular weight is 302 g/mol. The van der Waals surface area contributed by atoms with Gasteiger partial charge in [-0.05, 0) is 35.6 Å². The van der Waals surface area contributed by atoms with Gasteiger partial charge in [0.15, 0.2) is 0 Å². The summed E-state index contributed by atoms with van der Waals surface area (Å²) < 4.78 is 0. The van der Waals surface area contributed by atoms with E-state index in [0.29, 0.717) is 18.8 Å². The van der Waals surface area contributed by atoms with Crippen LogP contribution in [-0.4, -0.2) is 23.7 Å². The summed E-state index contributed by atoms with van der Waals surface area (Å²) in [5.74, 6) is -0.983. The number of urea groups is 1. The van der Waals surface area contributed by atoms with E-state index in [0.717, 1.165) is 16.9 Å². The summed E-state index contributed by atoms with van der Waals surface area (Å²) in [6.07, 6.45) is 0.752. The Morgan fingerprint density at radius 1 is 1.33 bits per heavy atom. The number of carbonyl (C=O) groups excluding carboxylic acids is 1. The number of hydrogen-bond donors (Lipinski definition) is 2. The van der Waals surface area contributed by atoms with Crippen LogP contribution in [0, 0.1) is 0 Å². The number of amides is 2. The Morgan fingerprint density at radius 2 is 2.19 bits per heavy atom. The van der Waals surface area contributed by atoms with Crippen LogP contribution in [0.1, 0.15) is 20.8 Å². The smallest absolute Gasteiger partial charge is 0.335 e. The fourth-order valence-corrected chi connectivity index (χ4v) is 3.04. The Kier molecular flexibility index (Phi) is 3.62. The van der Waals surface area contributed by atoms with Gasteiger partial charge in [-0.3, -0.25) is 4.90 Å². The maximum atomic E-state index is 12.3. The van der Waals surface area contributed by atoms with Crippen molar-refractivity contribution in [2.75, 3.05) is 11.4 Å². The number of nitrogens with zero attached hydrogens (tertiary/aromatic N) is 1. The zero-order chi connectivity index (χ0) is 14.8. The van der Waals surface area contributed by atoms with Gasteiger partial charge in [-0.25, -0.2) is 9.59 Å². The summed E-state index contributed by atoms with van der Waals surface area (Å²) in [6, 6.07) is 8.64. The second-order valence-corrected chi connectivity index (χ2v) is 5.82. The van der Waals surface area contributed by atoms with Gasteiger partial charge in [-0.1, -0.05) is 12.1 Å². The first-order chi connectivity index (χ1) is 10.1. The second-order valence-electron chi connectivity index (χ2n) is 4.79. The molecule has 0 aliphatic carbocycles. The summed E-state index contributed by atoms with van der Waals surface area (Å²) in [5, 5.41) is 13.9. The first-order valence-electron chi connectivity index (χ1n) is 6.59. The summed E-state index contributed by atoms with van der Waals surface area (Å²) in [6.45, 7) is 1.07. The van der Waals surface area contributed by atoms with Gasteiger partial charge in [-0.2, -0.15) is 0 Å². The quantitative estimate of drug-likeness (QED) is 0.916. The molecule has 1 aromatic heterocycles. The van der Waals surface area contributed by atoms with Gasteiger partial charge in [0.05, 0.1) is 12.1 Å². The van der Waals surface area contributed by atoms with E-state index in [-0.39, 0.29) is 11.6 Å². The second kappa shape index (κ2) is 5.57. The Labute approximate surface area is 125 Å². The number of carbonyl (C=O) groups is 2. The third-order valence-corrected chi connectivity index (χ3v) is 4.34. The SMILES string of the molecule is O=C(O)c1ccc2c(c1)N(C(=O)NCc1cccs1)CC2. The molecule has 0 saturated carbocycles. The lowest BCUT2D eigenvalue weighted by atomic mass is 10.1. The van der Waals surface area contributed by atoms with Gasteiger partial charge in [0, 0.05) is 17.1 Å². The zero-order valence-electron chi connectivity index (χ0n) is 11.2. The van der Waals surface area contributed by atoms with Gasteiger partial charge in [0.25, 0.3) is 0 Å². The Hall–Kier alpha value is -2.34.